The first-order valence-electron chi connectivity index (χ1n) is 5.47. The number of aromatic nitrogens is 1. The molecule has 2 heterocycles. The minimum absolute atomic E-state index is 0.327. The van der Waals surface area contributed by atoms with Crippen molar-refractivity contribution in [3.8, 4) is 10.6 Å². The largest absolute Gasteiger partial charge is 0.381 e. The number of anilines is 1. The molecule has 0 spiro atoms. The minimum Gasteiger partial charge on any atom is -0.381 e. The minimum atomic E-state index is 0.327. The van der Waals surface area contributed by atoms with Gasteiger partial charge in [0.05, 0.1) is 4.88 Å². The summed E-state index contributed by atoms with van der Waals surface area (Å²) in [5, 5.41) is 3.86. The van der Waals surface area contributed by atoms with Crippen LogP contribution in [0.5, 0.6) is 0 Å². The van der Waals surface area contributed by atoms with Crippen LogP contribution >= 0.6 is 11.3 Å². The first-order chi connectivity index (χ1) is 7.63. The molecule has 2 aromatic rings. The van der Waals surface area contributed by atoms with Gasteiger partial charge >= 0.3 is 0 Å². The molecule has 0 bridgehead atoms. The average molecular weight is 236 g/mol. The lowest BCUT2D eigenvalue weighted by molar-refractivity contribution is 0.435. The molecule has 0 aliphatic carbocycles. The van der Waals surface area contributed by atoms with E-state index in [0.29, 0.717) is 11.7 Å². The summed E-state index contributed by atoms with van der Waals surface area (Å²) in [5.41, 5.74) is 6.84. The second-order valence-corrected chi connectivity index (χ2v) is 5.25. The van der Waals surface area contributed by atoms with Crippen molar-refractivity contribution in [1.29, 1.82) is 0 Å². The normalized spacial score (nSPS) is 11.2. The zero-order valence-corrected chi connectivity index (χ0v) is 10.6. The van der Waals surface area contributed by atoms with Gasteiger partial charge in [0.2, 0.25) is 0 Å². The van der Waals surface area contributed by atoms with Crippen LogP contribution in [0, 0.1) is 0 Å². The average Bonchev–Trinajstić information content (AvgIpc) is 2.82. The third-order valence-corrected chi connectivity index (χ3v) is 3.80. The van der Waals surface area contributed by atoms with E-state index < -0.39 is 0 Å². The zero-order chi connectivity index (χ0) is 11.7. The van der Waals surface area contributed by atoms with Crippen LogP contribution in [0.4, 0.5) is 5.82 Å². The van der Waals surface area contributed by atoms with Gasteiger partial charge in [0.15, 0.2) is 11.6 Å². The number of aryl methyl sites for hydroxylation is 1. The predicted molar refractivity (Wildman–Crippen MR) is 67.7 cm³/mol. The predicted octanol–water partition coefficient (Wildman–Crippen LogP) is 3.67. The van der Waals surface area contributed by atoms with Gasteiger partial charge in [0.25, 0.3) is 0 Å². The lowest BCUT2D eigenvalue weighted by atomic mass is 10.0. The summed E-state index contributed by atoms with van der Waals surface area (Å²) >= 11 is 1.74. The first kappa shape index (κ1) is 11.2. The molecule has 86 valence electrons. The molecule has 0 amide bonds. The highest BCUT2D eigenvalue weighted by atomic mass is 32.1. The van der Waals surface area contributed by atoms with Crippen molar-refractivity contribution in [3.63, 3.8) is 0 Å². The highest BCUT2D eigenvalue weighted by molar-refractivity contribution is 7.15. The topological polar surface area (TPSA) is 52.0 Å². The van der Waals surface area contributed by atoms with Gasteiger partial charge in [-0.3, -0.25) is 0 Å². The molecule has 0 saturated carbocycles. The summed E-state index contributed by atoms with van der Waals surface area (Å²) in [7, 11) is 0. The number of nitrogen functional groups attached to an aromatic ring is 1. The van der Waals surface area contributed by atoms with E-state index >= 15 is 0 Å². The van der Waals surface area contributed by atoms with Crippen molar-refractivity contribution < 1.29 is 4.52 Å². The van der Waals surface area contributed by atoms with Gasteiger partial charge in [0, 0.05) is 10.4 Å². The Morgan fingerprint density at radius 3 is 2.75 bits per heavy atom. The smallest absolute Gasteiger partial charge is 0.182 e. The molecule has 0 aliphatic rings. The number of hydrogen-bond donors (Lipinski definition) is 1. The van der Waals surface area contributed by atoms with E-state index in [1.807, 2.05) is 0 Å². The molecule has 2 N–H and O–H groups in total. The van der Waals surface area contributed by atoms with Gasteiger partial charge < -0.3 is 10.3 Å². The molecule has 0 fully saturated rings. The van der Waals surface area contributed by atoms with E-state index in [1.165, 1.54) is 4.88 Å². The van der Waals surface area contributed by atoms with Crippen LogP contribution in [0.3, 0.4) is 0 Å². The first-order valence-corrected chi connectivity index (χ1v) is 6.29. The Morgan fingerprint density at radius 2 is 2.19 bits per heavy atom. The Labute approximate surface area is 99.3 Å². The van der Waals surface area contributed by atoms with Crippen molar-refractivity contribution in [2.45, 2.75) is 33.1 Å². The Morgan fingerprint density at radius 1 is 1.44 bits per heavy atom. The Kier molecular flexibility index (Phi) is 3.01. The second-order valence-electron chi connectivity index (χ2n) is 4.08. The molecule has 0 atom stereocenters. The fraction of sp³-hybridized carbons (Fsp3) is 0.417. The van der Waals surface area contributed by atoms with E-state index in [-0.39, 0.29) is 0 Å². The molecule has 3 nitrogen and oxygen atoms in total. The van der Waals surface area contributed by atoms with Crippen molar-refractivity contribution in [1.82, 2.24) is 5.16 Å². The van der Waals surface area contributed by atoms with Gasteiger partial charge in [-0.1, -0.05) is 25.9 Å². The molecule has 2 rings (SSSR count). The highest BCUT2D eigenvalue weighted by Crippen LogP contribution is 2.37. The molecule has 4 heteroatoms. The number of rotatable bonds is 3. The third-order valence-electron chi connectivity index (χ3n) is 2.57. The number of thiophene rings is 1. The van der Waals surface area contributed by atoms with Crippen LogP contribution in [0.2, 0.25) is 0 Å². The summed E-state index contributed by atoms with van der Waals surface area (Å²) in [4.78, 5) is 2.46. The molecule has 0 aromatic carbocycles. The maximum absolute atomic E-state index is 5.82. The van der Waals surface area contributed by atoms with Crippen LogP contribution in [0.1, 0.15) is 37.1 Å². The van der Waals surface area contributed by atoms with Crippen LogP contribution < -0.4 is 5.73 Å². The number of hydrogen-bond acceptors (Lipinski definition) is 4. The molecular weight excluding hydrogens is 220 g/mol. The quantitative estimate of drug-likeness (QED) is 0.884. The summed E-state index contributed by atoms with van der Waals surface area (Å²) in [6, 6.07) is 4.21. The molecular formula is C12H16N2OS. The van der Waals surface area contributed by atoms with Crippen molar-refractivity contribution in [3.05, 3.63) is 22.6 Å². The van der Waals surface area contributed by atoms with Gasteiger partial charge in [0.1, 0.15) is 0 Å². The standard InChI is InChI=1S/C12H16N2OS/c1-4-8-5-6-9(16-8)11-10(7(2)3)12(13)14-15-11/h5-7H,4H2,1-3H3,(H2,13,14). The maximum atomic E-state index is 5.82. The molecule has 0 unspecified atom stereocenters. The van der Waals surface area contributed by atoms with Crippen LogP contribution in [-0.2, 0) is 6.42 Å². The summed E-state index contributed by atoms with van der Waals surface area (Å²) < 4.78 is 5.34. The lowest BCUT2D eigenvalue weighted by Crippen LogP contribution is -1.94. The monoisotopic (exact) mass is 236 g/mol. The second kappa shape index (κ2) is 4.29. The van der Waals surface area contributed by atoms with Crippen LogP contribution in [0.15, 0.2) is 16.7 Å². The molecule has 16 heavy (non-hydrogen) atoms. The molecule has 0 saturated heterocycles. The van der Waals surface area contributed by atoms with Gasteiger partial charge in [-0.15, -0.1) is 11.3 Å². The van der Waals surface area contributed by atoms with Crippen molar-refractivity contribution in [2.75, 3.05) is 5.73 Å². The lowest BCUT2D eigenvalue weighted by Gasteiger charge is -2.03. The number of nitrogens with two attached hydrogens (primary N) is 1. The fourth-order valence-electron chi connectivity index (χ4n) is 1.74. The highest BCUT2D eigenvalue weighted by Gasteiger charge is 2.19. The van der Waals surface area contributed by atoms with Crippen LogP contribution in [-0.4, -0.2) is 5.16 Å². The Hall–Kier alpha value is -1.29. The van der Waals surface area contributed by atoms with E-state index in [1.54, 1.807) is 11.3 Å². The van der Waals surface area contributed by atoms with E-state index in [0.717, 1.165) is 22.6 Å². The molecule has 0 aliphatic heterocycles. The van der Waals surface area contributed by atoms with E-state index in [2.05, 4.69) is 38.1 Å². The van der Waals surface area contributed by atoms with Crippen LogP contribution in [0.25, 0.3) is 10.6 Å². The summed E-state index contributed by atoms with van der Waals surface area (Å²) in [5.74, 6) is 1.67. The summed E-state index contributed by atoms with van der Waals surface area (Å²) in [6.45, 7) is 6.34. The van der Waals surface area contributed by atoms with Crippen molar-refractivity contribution in [2.24, 2.45) is 0 Å². The Balaban J connectivity index is 2.47. The van der Waals surface area contributed by atoms with Crippen molar-refractivity contribution >= 4 is 17.2 Å². The van der Waals surface area contributed by atoms with E-state index in [4.69, 9.17) is 10.3 Å². The van der Waals surface area contributed by atoms with E-state index in [9.17, 15) is 0 Å². The maximum Gasteiger partial charge on any atom is 0.182 e. The SMILES string of the molecule is CCc1ccc(-c2onc(N)c2C(C)C)s1. The van der Waals surface area contributed by atoms with Gasteiger partial charge in [-0.25, -0.2) is 0 Å². The number of nitrogens with zero attached hydrogens (tertiary/aromatic N) is 1. The van der Waals surface area contributed by atoms with Gasteiger partial charge in [-0.05, 0) is 24.5 Å². The fourth-order valence-corrected chi connectivity index (χ4v) is 2.67. The summed E-state index contributed by atoms with van der Waals surface area (Å²) in [6.07, 6.45) is 1.05. The Bertz CT molecular complexity index is 485. The zero-order valence-electron chi connectivity index (χ0n) is 9.78. The van der Waals surface area contributed by atoms with Gasteiger partial charge in [-0.2, -0.15) is 0 Å². The third kappa shape index (κ3) is 1.85. The molecule has 2 aromatic heterocycles. The molecule has 0 radical (unpaired) electrons.